The summed E-state index contributed by atoms with van der Waals surface area (Å²) in [7, 11) is 0. The van der Waals surface area contributed by atoms with Crippen LogP contribution in [0.1, 0.15) is 50.6 Å². The van der Waals surface area contributed by atoms with Gasteiger partial charge in [-0.25, -0.2) is 9.97 Å². The van der Waals surface area contributed by atoms with E-state index in [4.69, 9.17) is 0 Å². The van der Waals surface area contributed by atoms with E-state index < -0.39 is 0 Å². The van der Waals surface area contributed by atoms with Gasteiger partial charge in [0, 0.05) is 31.5 Å². The first-order chi connectivity index (χ1) is 11.7. The Bertz CT molecular complexity index is 599. The molecule has 1 aromatic heterocycles. The molecule has 0 saturated carbocycles. The molecule has 3 rings (SSSR count). The highest BCUT2D eigenvalue weighted by Gasteiger charge is 2.26. The molecule has 1 unspecified atom stereocenters. The Balaban J connectivity index is 1.48. The molecule has 0 aromatic carbocycles. The summed E-state index contributed by atoms with van der Waals surface area (Å²) in [6.07, 6.45) is 12.1. The molecule has 0 radical (unpaired) electrons. The number of nitrogens with zero attached hydrogens (tertiary/aromatic N) is 3. The molecule has 130 valence electrons. The minimum Gasteiger partial charge on any atom is -0.355 e. The second-order valence-corrected chi connectivity index (χ2v) is 6.93. The average Bonchev–Trinajstić information content (AvgIpc) is 2.63. The number of carbonyl (C=O) groups is 1. The Morgan fingerprint density at radius 2 is 2.29 bits per heavy atom. The lowest BCUT2D eigenvalue weighted by molar-refractivity contribution is -0.125. The van der Waals surface area contributed by atoms with E-state index in [1.807, 2.05) is 13.0 Å². The lowest BCUT2D eigenvalue weighted by Gasteiger charge is -2.32. The predicted molar refractivity (Wildman–Crippen MR) is 95.9 cm³/mol. The fraction of sp³-hybridized carbons (Fsp3) is 0.632. The van der Waals surface area contributed by atoms with Crippen molar-refractivity contribution in [3.05, 3.63) is 29.6 Å². The van der Waals surface area contributed by atoms with Crippen molar-refractivity contribution in [1.29, 1.82) is 0 Å². The lowest BCUT2D eigenvalue weighted by Crippen LogP contribution is -2.44. The van der Waals surface area contributed by atoms with Crippen molar-refractivity contribution in [3.8, 4) is 0 Å². The molecule has 1 atom stereocenters. The van der Waals surface area contributed by atoms with Gasteiger partial charge < -0.3 is 10.2 Å². The maximum Gasteiger partial charge on any atom is 0.225 e. The second kappa shape index (κ2) is 8.27. The molecule has 1 saturated heterocycles. The molecule has 2 aliphatic rings. The number of hydrogen-bond donors (Lipinski definition) is 1. The molecule has 1 N–H and O–H groups in total. The Hall–Kier alpha value is -1.91. The van der Waals surface area contributed by atoms with E-state index in [2.05, 4.69) is 26.3 Å². The van der Waals surface area contributed by atoms with Crippen LogP contribution in [0.15, 0.2) is 23.9 Å². The SMILES string of the molecule is Cc1ccnc(N2CCCC(C(=O)NCCC3=CCCCC3)C2)n1. The normalized spacial score (nSPS) is 21.3. The average molecular weight is 328 g/mol. The molecule has 5 nitrogen and oxygen atoms in total. The summed E-state index contributed by atoms with van der Waals surface area (Å²) in [5.41, 5.74) is 2.48. The zero-order chi connectivity index (χ0) is 16.8. The number of nitrogens with one attached hydrogen (secondary N) is 1. The molecule has 0 bridgehead atoms. The van der Waals surface area contributed by atoms with Crippen molar-refractivity contribution < 1.29 is 4.79 Å². The maximum absolute atomic E-state index is 12.5. The minimum atomic E-state index is 0.0446. The molecular weight excluding hydrogens is 300 g/mol. The van der Waals surface area contributed by atoms with E-state index in [9.17, 15) is 4.79 Å². The van der Waals surface area contributed by atoms with Gasteiger partial charge in [0.2, 0.25) is 11.9 Å². The van der Waals surface area contributed by atoms with Gasteiger partial charge in [0.05, 0.1) is 5.92 Å². The van der Waals surface area contributed by atoms with Crippen LogP contribution in [0.5, 0.6) is 0 Å². The van der Waals surface area contributed by atoms with E-state index in [-0.39, 0.29) is 11.8 Å². The highest BCUT2D eigenvalue weighted by Crippen LogP contribution is 2.21. The summed E-state index contributed by atoms with van der Waals surface area (Å²) in [5.74, 6) is 0.979. The number of aromatic nitrogens is 2. The molecular formula is C19H28N4O. The molecule has 1 aromatic rings. The highest BCUT2D eigenvalue weighted by atomic mass is 16.1. The van der Waals surface area contributed by atoms with Crippen molar-refractivity contribution >= 4 is 11.9 Å². The number of carbonyl (C=O) groups excluding carboxylic acids is 1. The molecule has 5 heteroatoms. The van der Waals surface area contributed by atoms with Crippen LogP contribution in [0.3, 0.4) is 0 Å². The number of anilines is 1. The van der Waals surface area contributed by atoms with E-state index >= 15 is 0 Å². The second-order valence-electron chi connectivity index (χ2n) is 6.93. The summed E-state index contributed by atoms with van der Waals surface area (Å²) in [4.78, 5) is 23.5. The Morgan fingerprint density at radius 3 is 3.08 bits per heavy atom. The quantitative estimate of drug-likeness (QED) is 0.844. The molecule has 1 fully saturated rings. The fourth-order valence-electron chi connectivity index (χ4n) is 3.58. The first kappa shape index (κ1) is 16.9. The molecule has 1 aliphatic carbocycles. The summed E-state index contributed by atoms with van der Waals surface area (Å²) in [6, 6.07) is 1.90. The van der Waals surface area contributed by atoms with Crippen LogP contribution in [0.2, 0.25) is 0 Å². The first-order valence-electron chi connectivity index (χ1n) is 9.22. The smallest absolute Gasteiger partial charge is 0.225 e. The fourth-order valence-corrected chi connectivity index (χ4v) is 3.58. The van der Waals surface area contributed by atoms with Crippen LogP contribution >= 0.6 is 0 Å². The van der Waals surface area contributed by atoms with Gasteiger partial charge in [0.25, 0.3) is 0 Å². The first-order valence-corrected chi connectivity index (χ1v) is 9.22. The Labute approximate surface area is 144 Å². The van der Waals surface area contributed by atoms with Gasteiger partial charge in [-0.3, -0.25) is 4.79 Å². The Morgan fingerprint density at radius 1 is 1.38 bits per heavy atom. The number of piperidine rings is 1. The number of rotatable bonds is 5. The van der Waals surface area contributed by atoms with Crippen LogP contribution in [0.4, 0.5) is 5.95 Å². The standard InChI is InChI=1S/C19H28N4O/c1-15-9-11-21-19(22-15)23-13-5-8-17(14-23)18(24)20-12-10-16-6-3-2-4-7-16/h6,9,11,17H,2-5,7-8,10,12-14H2,1H3,(H,20,24). The van der Waals surface area contributed by atoms with Gasteiger partial charge in [-0.1, -0.05) is 11.6 Å². The summed E-state index contributed by atoms with van der Waals surface area (Å²) < 4.78 is 0. The minimum absolute atomic E-state index is 0.0446. The summed E-state index contributed by atoms with van der Waals surface area (Å²) >= 11 is 0. The van der Waals surface area contributed by atoms with Crippen LogP contribution in [0, 0.1) is 12.8 Å². The van der Waals surface area contributed by atoms with Crippen molar-refractivity contribution in [1.82, 2.24) is 15.3 Å². The monoisotopic (exact) mass is 328 g/mol. The van der Waals surface area contributed by atoms with Crippen molar-refractivity contribution in [2.75, 3.05) is 24.5 Å². The van der Waals surface area contributed by atoms with Gasteiger partial charge in [0.1, 0.15) is 0 Å². The van der Waals surface area contributed by atoms with E-state index in [0.717, 1.165) is 50.5 Å². The van der Waals surface area contributed by atoms with Crippen molar-refractivity contribution in [3.63, 3.8) is 0 Å². The number of allylic oxidation sites excluding steroid dienone is 1. The molecule has 1 aliphatic heterocycles. The van der Waals surface area contributed by atoms with E-state index in [0.29, 0.717) is 0 Å². The third kappa shape index (κ3) is 4.56. The maximum atomic E-state index is 12.5. The predicted octanol–water partition coefficient (Wildman–Crippen LogP) is 3.01. The molecule has 24 heavy (non-hydrogen) atoms. The molecule has 2 heterocycles. The summed E-state index contributed by atoms with van der Waals surface area (Å²) in [5, 5.41) is 3.14. The van der Waals surface area contributed by atoms with E-state index in [1.165, 1.54) is 31.3 Å². The van der Waals surface area contributed by atoms with Gasteiger partial charge in [0.15, 0.2) is 0 Å². The van der Waals surface area contributed by atoms with Gasteiger partial charge in [-0.15, -0.1) is 0 Å². The van der Waals surface area contributed by atoms with Crippen molar-refractivity contribution in [2.45, 2.75) is 51.9 Å². The Kier molecular flexibility index (Phi) is 5.83. The number of hydrogen-bond acceptors (Lipinski definition) is 4. The highest BCUT2D eigenvalue weighted by molar-refractivity contribution is 5.79. The zero-order valence-corrected chi connectivity index (χ0v) is 14.6. The molecule has 0 spiro atoms. The van der Waals surface area contributed by atoms with Gasteiger partial charge in [-0.2, -0.15) is 0 Å². The van der Waals surface area contributed by atoms with Crippen LogP contribution in [-0.4, -0.2) is 35.5 Å². The third-order valence-corrected chi connectivity index (χ3v) is 4.99. The number of aryl methyl sites for hydroxylation is 1. The number of amides is 1. The van der Waals surface area contributed by atoms with Crippen molar-refractivity contribution in [2.24, 2.45) is 5.92 Å². The van der Waals surface area contributed by atoms with Gasteiger partial charge in [-0.05, 0) is 57.9 Å². The topological polar surface area (TPSA) is 58.1 Å². The third-order valence-electron chi connectivity index (χ3n) is 4.99. The van der Waals surface area contributed by atoms with E-state index in [1.54, 1.807) is 6.20 Å². The summed E-state index contributed by atoms with van der Waals surface area (Å²) in [6.45, 7) is 4.39. The van der Waals surface area contributed by atoms with Crippen LogP contribution in [-0.2, 0) is 4.79 Å². The lowest BCUT2D eigenvalue weighted by atomic mass is 9.96. The van der Waals surface area contributed by atoms with Crippen LogP contribution in [0.25, 0.3) is 0 Å². The van der Waals surface area contributed by atoms with Crippen LogP contribution < -0.4 is 10.2 Å². The molecule has 1 amide bonds. The van der Waals surface area contributed by atoms with Gasteiger partial charge >= 0.3 is 0 Å². The largest absolute Gasteiger partial charge is 0.355 e. The zero-order valence-electron chi connectivity index (χ0n) is 14.6.